The maximum Gasteiger partial charge on any atom is 0.238 e. The topological polar surface area (TPSA) is 123 Å². The normalized spacial score (nSPS) is 12.3. The van der Waals surface area contributed by atoms with Gasteiger partial charge in [-0.2, -0.15) is 0 Å². The maximum atomic E-state index is 11.1. The number of hydrogen-bond donors (Lipinski definition) is 4. The lowest BCUT2D eigenvalue weighted by Crippen LogP contribution is -2.36. The number of sulfonamides is 1. The average Bonchev–Trinajstić information content (AvgIpc) is 2.37. The van der Waals surface area contributed by atoms with Gasteiger partial charge >= 0.3 is 0 Å². The van der Waals surface area contributed by atoms with Gasteiger partial charge in [0.1, 0.15) is 0 Å². The van der Waals surface area contributed by atoms with E-state index in [0.29, 0.717) is 18.2 Å². The van der Waals surface area contributed by atoms with E-state index in [1.807, 2.05) is 0 Å². The largest absolute Gasteiger partial charge is 0.325 e. The van der Waals surface area contributed by atoms with Gasteiger partial charge in [0.2, 0.25) is 16.0 Å². The molecule has 1 aromatic carbocycles. The van der Waals surface area contributed by atoms with Crippen molar-refractivity contribution in [2.45, 2.75) is 24.7 Å². The molecule has 0 fully saturated rings. The molecule has 0 heterocycles. The zero-order valence-corrected chi connectivity index (χ0v) is 11.6. The Morgan fingerprint density at radius 3 is 2.42 bits per heavy atom. The number of anilines is 1. The second-order valence-electron chi connectivity index (χ2n) is 3.92. The predicted octanol–water partition coefficient (Wildman–Crippen LogP) is 0.365. The second-order valence-corrected chi connectivity index (χ2v) is 5.48. The summed E-state index contributed by atoms with van der Waals surface area (Å²) in [4.78, 5) is 4.28. The summed E-state index contributed by atoms with van der Waals surface area (Å²) in [6.45, 7) is 2.74. The molecule has 0 aliphatic rings. The van der Waals surface area contributed by atoms with Gasteiger partial charge < -0.3 is 5.32 Å². The van der Waals surface area contributed by atoms with Crippen molar-refractivity contribution in [3.05, 3.63) is 24.3 Å². The van der Waals surface area contributed by atoms with E-state index in [-0.39, 0.29) is 4.90 Å². The SMILES string of the molecule is CCCCN=C(NN)Nc1ccc(S(N)(=O)=O)cc1. The van der Waals surface area contributed by atoms with Crippen LogP contribution in [0.3, 0.4) is 0 Å². The van der Waals surface area contributed by atoms with Gasteiger partial charge in [0, 0.05) is 12.2 Å². The van der Waals surface area contributed by atoms with Gasteiger partial charge in [-0.1, -0.05) is 13.3 Å². The predicted molar refractivity (Wildman–Crippen MR) is 76.0 cm³/mol. The Labute approximate surface area is 113 Å². The van der Waals surface area contributed by atoms with Crippen LogP contribution in [-0.2, 0) is 10.0 Å². The average molecular weight is 285 g/mol. The van der Waals surface area contributed by atoms with Gasteiger partial charge in [-0.05, 0) is 30.7 Å². The van der Waals surface area contributed by atoms with Crippen LogP contribution in [0.15, 0.2) is 34.2 Å². The van der Waals surface area contributed by atoms with Crippen LogP contribution in [0.5, 0.6) is 0 Å². The van der Waals surface area contributed by atoms with E-state index in [4.69, 9.17) is 11.0 Å². The van der Waals surface area contributed by atoms with E-state index < -0.39 is 10.0 Å². The fourth-order valence-corrected chi connectivity index (χ4v) is 1.85. The van der Waals surface area contributed by atoms with E-state index in [0.717, 1.165) is 12.8 Å². The van der Waals surface area contributed by atoms with E-state index in [1.54, 1.807) is 12.1 Å². The molecule has 1 aromatic rings. The van der Waals surface area contributed by atoms with Gasteiger partial charge in [0.25, 0.3) is 0 Å². The van der Waals surface area contributed by atoms with Crippen molar-refractivity contribution in [2.24, 2.45) is 16.0 Å². The fraction of sp³-hybridized carbons (Fsp3) is 0.364. The van der Waals surface area contributed by atoms with E-state index in [9.17, 15) is 8.42 Å². The number of guanidine groups is 1. The summed E-state index contributed by atoms with van der Waals surface area (Å²) in [6.07, 6.45) is 2.02. The lowest BCUT2D eigenvalue weighted by atomic mass is 10.3. The Hall–Kier alpha value is -1.64. The highest BCUT2D eigenvalue weighted by Gasteiger charge is 2.07. The molecule has 0 atom stereocenters. The van der Waals surface area contributed by atoms with Crippen molar-refractivity contribution < 1.29 is 8.42 Å². The van der Waals surface area contributed by atoms with Crippen molar-refractivity contribution in [3.63, 3.8) is 0 Å². The molecule has 8 heteroatoms. The van der Waals surface area contributed by atoms with Crippen LogP contribution in [0.25, 0.3) is 0 Å². The molecule has 0 spiro atoms. The van der Waals surface area contributed by atoms with Gasteiger partial charge in [-0.25, -0.2) is 19.4 Å². The number of nitrogens with zero attached hydrogens (tertiary/aromatic N) is 1. The third-order valence-electron chi connectivity index (χ3n) is 2.36. The first kappa shape index (κ1) is 15.4. The molecular weight excluding hydrogens is 266 g/mol. The van der Waals surface area contributed by atoms with Crippen LogP contribution in [0.4, 0.5) is 5.69 Å². The molecule has 106 valence electrons. The highest BCUT2D eigenvalue weighted by Crippen LogP contribution is 2.12. The summed E-state index contributed by atoms with van der Waals surface area (Å²) in [5, 5.41) is 7.96. The molecule has 0 radical (unpaired) electrons. The minimum Gasteiger partial charge on any atom is -0.325 e. The first-order chi connectivity index (χ1) is 8.97. The number of hydrazine groups is 1. The Bertz CT molecular complexity index is 525. The summed E-state index contributed by atoms with van der Waals surface area (Å²) in [7, 11) is -3.67. The number of benzene rings is 1. The zero-order chi connectivity index (χ0) is 14.3. The Kier molecular flexibility index (Phi) is 5.74. The number of rotatable bonds is 5. The molecule has 0 saturated heterocycles. The summed E-state index contributed by atoms with van der Waals surface area (Å²) < 4.78 is 22.2. The summed E-state index contributed by atoms with van der Waals surface area (Å²) in [5.41, 5.74) is 3.12. The highest BCUT2D eigenvalue weighted by atomic mass is 32.2. The smallest absolute Gasteiger partial charge is 0.238 e. The Morgan fingerprint density at radius 2 is 1.95 bits per heavy atom. The molecule has 7 nitrogen and oxygen atoms in total. The zero-order valence-electron chi connectivity index (χ0n) is 10.8. The number of primary sulfonamides is 1. The number of aliphatic imine (C=N–C) groups is 1. The Balaban J connectivity index is 2.73. The minimum atomic E-state index is -3.67. The molecule has 0 aliphatic carbocycles. The summed E-state index contributed by atoms with van der Waals surface area (Å²) in [6, 6.07) is 6.01. The van der Waals surface area contributed by atoms with Gasteiger partial charge in [0.05, 0.1) is 4.90 Å². The molecule has 19 heavy (non-hydrogen) atoms. The van der Waals surface area contributed by atoms with Crippen LogP contribution < -0.4 is 21.7 Å². The number of unbranched alkanes of at least 4 members (excludes halogenated alkanes) is 1. The summed E-state index contributed by atoms with van der Waals surface area (Å²) in [5.74, 6) is 5.77. The van der Waals surface area contributed by atoms with Gasteiger partial charge in [-0.15, -0.1) is 0 Å². The fourth-order valence-electron chi connectivity index (χ4n) is 1.33. The molecular formula is C11H19N5O2S. The first-order valence-corrected chi connectivity index (χ1v) is 7.43. The van der Waals surface area contributed by atoms with Crippen molar-refractivity contribution in [1.29, 1.82) is 0 Å². The van der Waals surface area contributed by atoms with Crippen molar-refractivity contribution >= 4 is 21.7 Å². The molecule has 0 bridgehead atoms. The number of nitrogens with one attached hydrogen (secondary N) is 2. The van der Waals surface area contributed by atoms with Crippen molar-refractivity contribution in [1.82, 2.24) is 5.43 Å². The first-order valence-electron chi connectivity index (χ1n) is 5.88. The van der Waals surface area contributed by atoms with Crippen LogP contribution in [0, 0.1) is 0 Å². The molecule has 0 unspecified atom stereocenters. The van der Waals surface area contributed by atoms with Gasteiger partial charge in [-0.3, -0.25) is 10.4 Å². The second kappa shape index (κ2) is 7.07. The molecule has 1 rings (SSSR count). The highest BCUT2D eigenvalue weighted by molar-refractivity contribution is 7.89. The number of nitrogens with two attached hydrogens (primary N) is 2. The molecule has 6 N–H and O–H groups in total. The van der Waals surface area contributed by atoms with Crippen LogP contribution in [0.2, 0.25) is 0 Å². The van der Waals surface area contributed by atoms with Crippen molar-refractivity contribution in [3.8, 4) is 0 Å². The van der Waals surface area contributed by atoms with Crippen LogP contribution in [0.1, 0.15) is 19.8 Å². The standard InChI is InChI=1S/C11H19N5O2S/c1-2-3-8-14-11(16-12)15-9-4-6-10(7-5-9)19(13,17)18/h4-7H,2-3,8,12H2,1H3,(H2,13,17,18)(H2,14,15,16). The number of hydrogen-bond acceptors (Lipinski definition) is 4. The van der Waals surface area contributed by atoms with E-state index >= 15 is 0 Å². The molecule has 0 saturated carbocycles. The lowest BCUT2D eigenvalue weighted by Gasteiger charge is -2.09. The molecule has 0 amide bonds. The quantitative estimate of drug-likeness (QED) is 0.205. The van der Waals surface area contributed by atoms with E-state index in [2.05, 4.69) is 22.7 Å². The maximum absolute atomic E-state index is 11.1. The Morgan fingerprint density at radius 1 is 1.32 bits per heavy atom. The van der Waals surface area contributed by atoms with Gasteiger partial charge in [0.15, 0.2) is 0 Å². The van der Waals surface area contributed by atoms with E-state index in [1.165, 1.54) is 12.1 Å². The molecule has 0 aliphatic heterocycles. The van der Waals surface area contributed by atoms with Crippen molar-refractivity contribution in [2.75, 3.05) is 11.9 Å². The third-order valence-corrected chi connectivity index (χ3v) is 3.29. The third kappa shape index (κ3) is 5.25. The summed E-state index contributed by atoms with van der Waals surface area (Å²) >= 11 is 0. The minimum absolute atomic E-state index is 0.0585. The lowest BCUT2D eigenvalue weighted by molar-refractivity contribution is 0.598. The van der Waals surface area contributed by atoms with Crippen LogP contribution >= 0.6 is 0 Å². The molecule has 0 aromatic heterocycles. The monoisotopic (exact) mass is 285 g/mol. The van der Waals surface area contributed by atoms with Crippen LogP contribution in [-0.4, -0.2) is 20.9 Å².